The van der Waals surface area contributed by atoms with Gasteiger partial charge >= 0.3 is 6.18 Å². The van der Waals surface area contributed by atoms with E-state index in [-0.39, 0.29) is 17.5 Å². The van der Waals surface area contributed by atoms with E-state index in [1.165, 1.54) is 12.1 Å². The van der Waals surface area contributed by atoms with E-state index < -0.39 is 23.1 Å². The molecule has 2 aliphatic heterocycles. The van der Waals surface area contributed by atoms with E-state index in [0.29, 0.717) is 37.1 Å². The molecule has 1 amide bonds. The molecule has 27 heavy (non-hydrogen) atoms. The van der Waals surface area contributed by atoms with E-state index in [1.54, 1.807) is 6.07 Å². The summed E-state index contributed by atoms with van der Waals surface area (Å²) in [5, 5.41) is 6.13. The Morgan fingerprint density at radius 2 is 1.89 bits per heavy atom. The maximum absolute atomic E-state index is 14.3. The van der Waals surface area contributed by atoms with Crippen molar-refractivity contribution in [3.63, 3.8) is 0 Å². The molecule has 0 aliphatic carbocycles. The average molecular weight is 379 g/mol. The summed E-state index contributed by atoms with van der Waals surface area (Å²) in [6.07, 6.45) is -1.33. The Hall–Kier alpha value is -2.48. The number of benzene rings is 1. The van der Waals surface area contributed by atoms with E-state index in [0.717, 1.165) is 18.3 Å². The number of rotatable bonds is 2. The topological polar surface area (TPSA) is 54.0 Å². The molecular weight excluding hydrogens is 362 g/mol. The van der Waals surface area contributed by atoms with E-state index >= 15 is 0 Å². The van der Waals surface area contributed by atoms with Gasteiger partial charge in [-0.2, -0.15) is 13.2 Å². The molecule has 8 heteroatoms. The first-order valence-corrected chi connectivity index (χ1v) is 8.68. The number of hydrogen-bond donors (Lipinski definition) is 2. The van der Waals surface area contributed by atoms with Crippen LogP contribution in [0.4, 0.5) is 17.6 Å². The molecule has 2 aromatic rings. The van der Waals surface area contributed by atoms with Gasteiger partial charge in [0.2, 0.25) is 5.91 Å². The van der Waals surface area contributed by atoms with Crippen molar-refractivity contribution in [3.05, 3.63) is 53.6 Å². The SMILES string of the molecule is O=C1NCC[C@]12CC[C@H](c1cc(-c3ccc(C(F)(F)F)cc3)c(F)cn1)N2. The molecule has 3 heterocycles. The molecular formula is C19H17F4N3O. The van der Waals surface area contributed by atoms with Crippen LogP contribution < -0.4 is 10.6 Å². The first-order chi connectivity index (χ1) is 12.8. The van der Waals surface area contributed by atoms with Crippen LogP contribution in [0.2, 0.25) is 0 Å². The highest BCUT2D eigenvalue weighted by molar-refractivity contribution is 5.88. The first-order valence-electron chi connectivity index (χ1n) is 8.68. The molecule has 2 fully saturated rings. The van der Waals surface area contributed by atoms with Crippen LogP contribution in [0.3, 0.4) is 0 Å². The highest BCUT2D eigenvalue weighted by atomic mass is 19.4. The smallest absolute Gasteiger partial charge is 0.354 e. The Morgan fingerprint density at radius 1 is 1.15 bits per heavy atom. The van der Waals surface area contributed by atoms with Gasteiger partial charge in [-0.25, -0.2) is 4.39 Å². The summed E-state index contributed by atoms with van der Waals surface area (Å²) >= 11 is 0. The van der Waals surface area contributed by atoms with E-state index in [2.05, 4.69) is 15.6 Å². The highest BCUT2D eigenvalue weighted by Gasteiger charge is 2.48. The van der Waals surface area contributed by atoms with Crippen LogP contribution in [0, 0.1) is 5.82 Å². The zero-order valence-corrected chi connectivity index (χ0v) is 14.2. The molecule has 4 rings (SSSR count). The van der Waals surface area contributed by atoms with Crippen LogP contribution in [0.1, 0.15) is 36.6 Å². The molecule has 0 unspecified atom stereocenters. The van der Waals surface area contributed by atoms with Crippen molar-refractivity contribution in [2.75, 3.05) is 6.54 Å². The van der Waals surface area contributed by atoms with Crippen LogP contribution in [0.25, 0.3) is 11.1 Å². The lowest BCUT2D eigenvalue weighted by Crippen LogP contribution is -2.47. The maximum atomic E-state index is 14.3. The van der Waals surface area contributed by atoms with Crippen molar-refractivity contribution in [1.29, 1.82) is 0 Å². The summed E-state index contributed by atoms with van der Waals surface area (Å²) in [7, 11) is 0. The molecule has 2 aliphatic rings. The molecule has 2 atom stereocenters. The van der Waals surface area contributed by atoms with Crippen molar-refractivity contribution >= 4 is 5.91 Å². The molecule has 0 saturated carbocycles. The number of aromatic nitrogens is 1. The van der Waals surface area contributed by atoms with Crippen molar-refractivity contribution < 1.29 is 22.4 Å². The van der Waals surface area contributed by atoms with Gasteiger partial charge in [0.25, 0.3) is 0 Å². The van der Waals surface area contributed by atoms with Gasteiger partial charge in [0.05, 0.1) is 23.5 Å². The number of pyridine rings is 1. The number of amides is 1. The Bertz CT molecular complexity index is 882. The van der Waals surface area contributed by atoms with Gasteiger partial charge in [0.15, 0.2) is 0 Å². The van der Waals surface area contributed by atoms with Crippen LogP contribution in [0.5, 0.6) is 0 Å². The minimum atomic E-state index is -4.44. The van der Waals surface area contributed by atoms with Crippen LogP contribution in [0.15, 0.2) is 36.5 Å². The Morgan fingerprint density at radius 3 is 2.52 bits per heavy atom. The number of nitrogens with one attached hydrogen (secondary N) is 2. The lowest BCUT2D eigenvalue weighted by Gasteiger charge is -2.22. The lowest BCUT2D eigenvalue weighted by atomic mass is 9.96. The fourth-order valence-electron chi connectivity index (χ4n) is 3.84. The zero-order valence-electron chi connectivity index (χ0n) is 14.2. The summed E-state index contributed by atoms with van der Waals surface area (Å²) in [5.74, 6) is -0.639. The predicted molar refractivity (Wildman–Crippen MR) is 90.1 cm³/mol. The normalized spacial score (nSPS) is 25.2. The number of hydrogen-bond acceptors (Lipinski definition) is 3. The van der Waals surface area contributed by atoms with E-state index in [1.807, 2.05) is 0 Å². The van der Waals surface area contributed by atoms with Crippen LogP contribution >= 0.6 is 0 Å². The molecule has 1 aromatic carbocycles. The third kappa shape index (κ3) is 3.18. The number of carbonyl (C=O) groups excluding carboxylic acids is 1. The molecule has 0 bridgehead atoms. The third-order valence-electron chi connectivity index (χ3n) is 5.34. The highest BCUT2D eigenvalue weighted by Crippen LogP contribution is 2.38. The van der Waals surface area contributed by atoms with Crippen molar-refractivity contribution in [3.8, 4) is 11.1 Å². The summed E-state index contributed by atoms with van der Waals surface area (Å²) in [6.45, 7) is 0.617. The van der Waals surface area contributed by atoms with Gasteiger partial charge in [-0.05, 0) is 43.0 Å². The molecule has 142 valence electrons. The number of carbonyl (C=O) groups is 1. The van der Waals surface area contributed by atoms with Crippen LogP contribution in [-0.4, -0.2) is 23.0 Å². The molecule has 1 aromatic heterocycles. The Balaban J connectivity index is 1.62. The van der Waals surface area contributed by atoms with Crippen molar-refractivity contribution in [2.45, 2.75) is 37.0 Å². The second-order valence-electron chi connectivity index (χ2n) is 6.99. The lowest BCUT2D eigenvalue weighted by molar-refractivity contribution is -0.137. The van der Waals surface area contributed by atoms with Gasteiger partial charge in [0, 0.05) is 12.1 Å². The summed E-state index contributed by atoms with van der Waals surface area (Å²) in [5.41, 5.74) is -0.284. The quantitative estimate of drug-likeness (QED) is 0.785. The monoisotopic (exact) mass is 379 g/mol. The van der Waals surface area contributed by atoms with Gasteiger partial charge in [-0.1, -0.05) is 12.1 Å². The molecule has 2 N–H and O–H groups in total. The van der Waals surface area contributed by atoms with Gasteiger partial charge < -0.3 is 5.32 Å². The van der Waals surface area contributed by atoms with E-state index in [9.17, 15) is 22.4 Å². The standard InChI is InChI=1S/C19H17F4N3O/c20-14-10-25-16(15-5-6-18(26-15)7-8-24-17(18)27)9-13(14)11-1-3-12(4-2-11)19(21,22)23/h1-4,9-10,15,26H,5-8H2,(H,24,27)/t15-,18-/m1/s1. The van der Waals surface area contributed by atoms with Gasteiger partial charge in [0.1, 0.15) is 11.4 Å². The summed E-state index contributed by atoms with van der Waals surface area (Å²) in [6, 6.07) is 5.70. The van der Waals surface area contributed by atoms with Crippen LogP contribution in [-0.2, 0) is 11.0 Å². The molecule has 4 nitrogen and oxygen atoms in total. The van der Waals surface area contributed by atoms with Gasteiger partial charge in [-0.3, -0.25) is 15.1 Å². The van der Waals surface area contributed by atoms with Gasteiger partial charge in [-0.15, -0.1) is 0 Å². The van der Waals surface area contributed by atoms with Crippen molar-refractivity contribution in [1.82, 2.24) is 15.6 Å². The fraction of sp³-hybridized carbons (Fsp3) is 0.368. The Labute approximate surface area is 153 Å². The third-order valence-corrected chi connectivity index (χ3v) is 5.34. The largest absolute Gasteiger partial charge is 0.416 e. The average Bonchev–Trinajstić information content (AvgIpc) is 3.22. The fourth-order valence-corrected chi connectivity index (χ4v) is 3.84. The maximum Gasteiger partial charge on any atom is 0.416 e. The molecule has 0 radical (unpaired) electrons. The first kappa shape index (κ1) is 17.9. The van der Waals surface area contributed by atoms with E-state index in [4.69, 9.17) is 0 Å². The summed E-state index contributed by atoms with van der Waals surface area (Å²) in [4.78, 5) is 16.2. The zero-order chi connectivity index (χ0) is 19.2. The number of nitrogens with zero attached hydrogens (tertiary/aromatic N) is 1. The number of alkyl halides is 3. The minimum Gasteiger partial charge on any atom is -0.354 e. The summed E-state index contributed by atoms with van der Waals surface area (Å²) < 4.78 is 52.4. The second kappa shape index (κ2) is 6.30. The minimum absolute atomic E-state index is 0.0323. The van der Waals surface area contributed by atoms with Crippen molar-refractivity contribution in [2.24, 2.45) is 0 Å². The second-order valence-corrected chi connectivity index (χ2v) is 6.99. The Kier molecular flexibility index (Phi) is 4.18. The number of halogens is 4. The molecule has 1 spiro atoms. The molecule has 2 saturated heterocycles. The predicted octanol–water partition coefficient (Wildman–Crippen LogP) is 3.59.